The molecule has 3 aromatic carbocycles. The van der Waals surface area contributed by atoms with E-state index in [1.54, 1.807) is 6.07 Å². The zero-order valence-corrected chi connectivity index (χ0v) is 27.5. The Balaban J connectivity index is 1.14. The number of nitrogens with one attached hydrogen (secondary N) is 1. The number of methoxy groups -OCH3 is 1. The van der Waals surface area contributed by atoms with Crippen molar-refractivity contribution in [1.29, 1.82) is 0 Å². The highest BCUT2D eigenvalue weighted by atomic mass is 19.1. The fourth-order valence-electron chi connectivity index (χ4n) is 8.75. The number of hydrogen-bond donors (Lipinski definition) is 2. The van der Waals surface area contributed by atoms with Gasteiger partial charge in [0.25, 0.3) is 0 Å². The van der Waals surface area contributed by atoms with Crippen molar-refractivity contribution in [1.82, 2.24) is 20.2 Å². The molecule has 4 unspecified atom stereocenters. The van der Waals surface area contributed by atoms with Crippen molar-refractivity contribution in [3.05, 3.63) is 47.5 Å². The molecule has 5 fully saturated rings. The van der Waals surface area contributed by atoms with Crippen LogP contribution >= 0.6 is 0 Å². The first-order chi connectivity index (χ1) is 23.8. The highest BCUT2D eigenvalue weighted by molar-refractivity contribution is 6.05. The van der Waals surface area contributed by atoms with Gasteiger partial charge >= 0.3 is 6.01 Å². The molecule has 1 saturated carbocycles. The zero-order valence-electron chi connectivity index (χ0n) is 27.5. The van der Waals surface area contributed by atoms with Crippen LogP contribution in [0.4, 0.5) is 14.6 Å². The van der Waals surface area contributed by atoms with Crippen molar-refractivity contribution in [3.63, 3.8) is 0 Å². The highest BCUT2D eigenvalue weighted by Crippen LogP contribution is 2.49. The Morgan fingerprint density at radius 2 is 1.82 bits per heavy atom. The maximum absolute atomic E-state index is 17.3. The van der Waals surface area contributed by atoms with E-state index in [9.17, 15) is 5.11 Å². The molecule has 0 amide bonds. The van der Waals surface area contributed by atoms with Crippen LogP contribution in [0.3, 0.4) is 0 Å². The lowest BCUT2D eigenvalue weighted by atomic mass is 9.92. The maximum Gasteiger partial charge on any atom is 0.319 e. The van der Waals surface area contributed by atoms with Crippen molar-refractivity contribution < 1.29 is 28.1 Å². The average Bonchev–Trinajstić information content (AvgIpc) is 3.34. The van der Waals surface area contributed by atoms with Crippen molar-refractivity contribution in [2.24, 2.45) is 17.3 Å². The standard InChI is InChI=1S/C38H39F2N5O4/c1-3-27-30(39)7-4-21-10-26(46)11-28(32(21)27)33-31(47-2)12-29-35(34(33)40)42-37(43-36(29)45-15-24-5-6-25(16-45)41-24)49-20-38(8-9-38)19-44-13-22-17-48-18-23(22)14-44/h1,4,7,10-12,22-25,41,46H,5-6,8-9,13-20H2,2H3. The van der Waals surface area contributed by atoms with E-state index < -0.39 is 11.6 Å². The summed E-state index contributed by atoms with van der Waals surface area (Å²) in [5, 5.41) is 15.6. The number of ether oxygens (including phenoxy) is 3. The number of benzene rings is 3. The summed E-state index contributed by atoms with van der Waals surface area (Å²) in [6, 6.07) is 8.11. The summed E-state index contributed by atoms with van der Waals surface area (Å²) in [4.78, 5) is 14.4. The third-order valence-electron chi connectivity index (χ3n) is 11.4. The number of piperazine rings is 1. The van der Waals surface area contributed by atoms with E-state index in [-0.39, 0.29) is 45.1 Å². The maximum atomic E-state index is 17.3. The molecule has 49 heavy (non-hydrogen) atoms. The predicted octanol–water partition coefficient (Wildman–Crippen LogP) is 5.10. The quantitative estimate of drug-likeness (QED) is 0.249. The molecule has 4 saturated heterocycles. The molecule has 5 heterocycles. The average molecular weight is 668 g/mol. The topological polar surface area (TPSA) is 92.2 Å². The smallest absolute Gasteiger partial charge is 0.319 e. The largest absolute Gasteiger partial charge is 0.508 e. The Kier molecular flexibility index (Phi) is 7.34. The predicted molar refractivity (Wildman–Crippen MR) is 182 cm³/mol. The number of halogens is 2. The third-order valence-corrected chi connectivity index (χ3v) is 11.4. The minimum atomic E-state index is -0.688. The minimum absolute atomic E-state index is 0.0198. The van der Waals surface area contributed by atoms with Gasteiger partial charge in [-0.15, -0.1) is 6.42 Å². The lowest BCUT2D eigenvalue weighted by Crippen LogP contribution is -2.51. The van der Waals surface area contributed by atoms with Crippen LogP contribution in [0.1, 0.15) is 31.2 Å². The van der Waals surface area contributed by atoms with E-state index in [2.05, 4.69) is 21.0 Å². The Bertz CT molecular complexity index is 2010. The molecule has 9 rings (SSSR count). The molecule has 4 aliphatic heterocycles. The Morgan fingerprint density at radius 3 is 2.51 bits per heavy atom. The molecule has 254 valence electrons. The Morgan fingerprint density at radius 1 is 1.06 bits per heavy atom. The summed E-state index contributed by atoms with van der Waals surface area (Å²) in [6.45, 7) is 6.65. The van der Waals surface area contributed by atoms with Crippen LogP contribution in [0.2, 0.25) is 0 Å². The van der Waals surface area contributed by atoms with Gasteiger partial charge in [-0.05, 0) is 55.3 Å². The first-order valence-electron chi connectivity index (χ1n) is 17.3. The van der Waals surface area contributed by atoms with Crippen molar-refractivity contribution in [2.75, 3.05) is 64.6 Å². The van der Waals surface area contributed by atoms with Gasteiger partial charge in [0.05, 0.1) is 38.1 Å². The summed E-state index contributed by atoms with van der Waals surface area (Å²) in [5.41, 5.74) is 0.289. The Hall–Kier alpha value is -4.24. The van der Waals surface area contributed by atoms with Crippen LogP contribution in [0, 0.1) is 41.2 Å². The fraction of sp³-hybridized carbons (Fsp3) is 0.474. The van der Waals surface area contributed by atoms with E-state index in [4.69, 9.17) is 30.6 Å². The van der Waals surface area contributed by atoms with Crippen molar-refractivity contribution in [2.45, 2.75) is 37.8 Å². The molecule has 11 heteroatoms. The first-order valence-corrected chi connectivity index (χ1v) is 17.3. The number of aromatic hydroxyl groups is 1. The van der Waals surface area contributed by atoms with Crippen LogP contribution in [-0.2, 0) is 4.74 Å². The van der Waals surface area contributed by atoms with Crippen molar-refractivity contribution in [3.8, 4) is 41.0 Å². The molecule has 9 nitrogen and oxygen atoms in total. The van der Waals surface area contributed by atoms with Gasteiger partial charge in [-0.3, -0.25) is 0 Å². The fourth-order valence-corrected chi connectivity index (χ4v) is 8.75. The second-order valence-corrected chi connectivity index (χ2v) is 14.7. The van der Waals surface area contributed by atoms with Crippen LogP contribution in [0.5, 0.6) is 17.5 Å². The molecular weight excluding hydrogens is 628 g/mol. The van der Waals surface area contributed by atoms with Gasteiger partial charge in [-0.2, -0.15) is 9.97 Å². The minimum Gasteiger partial charge on any atom is -0.508 e. The van der Waals surface area contributed by atoms with Gasteiger partial charge in [-0.25, -0.2) is 8.78 Å². The number of phenols is 1. The molecule has 1 aliphatic carbocycles. The number of aromatic nitrogens is 2. The lowest BCUT2D eigenvalue weighted by molar-refractivity contribution is 0.131. The van der Waals surface area contributed by atoms with Gasteiger partial charge < -0.3 is 34.4 Å². The number of nitrogens with zero attached hydrogens (tertiary/aromatic N) is 4. The summed E-state index contributed by atoms with van der Waals surface area (Å²) in [6.07, 6.45) is 10.0. The number of fused-ring (bicyclic) bond motifs is 5. The Labute approximate surface area is 283 Å². The molecule has 4 aromatic rings. The molecular formula is C38H39F2N5O4. The summed E-state index contributed by atoms with van der Waals surface area (Å²) >= 11 is 0. The van der Waals surface area contributed by atoms with Crippen LogP contribution in [0.15, 0.2) is 30.3 Å². The van der Waals surface area contributed by atoms with Gasteiger partial charge in [0.15, 0.2) is 5.82 Å². The lowest BCUT2D eigenvalue weighted by Gasteiger charge is -2.34. The molecule has 0 spiro atoms. The molecule has 0 radical (unpaired) electrons. The van der Waals surface area contributed by atoms with E-state index in [1.807, 2.05) is 0 Å². The summed E-state index contributed by atoms with van der Waals surface area (Å²) in [5.74, 6) is 3.02. The molecule has 5 aliphatic rings. The third kappa shape index (κ3) is 5.32. The van der Waals surface area contributed by atoms with Gasteiger partial charge in [-0.1, -0.05) is 12.0 Å². The van der Waals surface area contributed by atoms with E-state index in [0.717, 1.165) is 71.6 Å². The van der Waals surface area contributed by atoms with Gasteiger partial charge in [0.1, 0.15) is 28.7 Å². The zero-order chi connectivity index (χ0) is 33.4. The molecule has 2 bridgehead atoms. The molecule has 2 N–H and O–H groups in total. The monoisotopic (exact) mass is 667 g/mol. The SMILES string of the molecule is C#Cc1c(F)ccc2cc(O)cc(-c3c(OC)cc4c(N5CC6CCC(C5)N6)nc(OCC5(CN6CC7COCC7C6)CC5)nc4c3F)c12. The highest BCUT2D eigenvalue weighted by Gasteiger charge is 2.48. The molecule has 4 atom stereocenters. The number of hydrogen-bond acceptors (Lipinski definition) is 9. The molecule has 1 aromatic heterocycles. The summed E-state index contributed by atoms with van der Waals surface area (Å²) < 4.78 is 50.2. The van der Waals surface area contributed by atoms with Gasteiger partial charge in [0, 0.05) is 78.4 Å². The first kappa shape index (κ1) is 30.8. The number of anilines is 1. The normalized spacial score (nSPS) is 25.6. The number of phenolic OH excluding ortho intramolecular Hbond substituents is 1. The van der Waals surface area contributed by atoms with E-state index in [0.29, 0.717) is 52.5 Å². The second kappa shape index (κ2) is 11.7. The van der Waals surface area contributed by atoms with Gasteiger partial charge in [0.2, 0.25) is 0 Å². The van der Waals surface area contributed by atoms with E-state index in [1.165, 1.54) is 31.4 Å². The number of terminal acetylenes is 1. The second-order valence-electron chi connectivity index (χ2n) is 14.7. The van der Waals surface area contributed by atoms with Crippen LogP contribution in [-0.4, -0.2) is 91.7 Å². The van der Waals surface area contributed by atoms with Crippen LogP contribution < -0.4 is 19.7 Å². The number of likely N-dealkylation sites (tertiary alicyclic amines) is 1. The summed E-state index contributed by atoms with van der Waals surface area (Å²) in [7, 11) is 1.45. The van der Waals surface area contributed by atoms with Crippen molar-refractivity contribution >= 4 is 27.5 Å². The van der Waals surface area contributed by atoms with Crippen LogP contribution in [0.25, 0.3) is 32.8 Å². The number of rotatable bonds is 8. The van der Waals surface area contributed by atoms with E-state index >= 15 is 8.78 Å².